The van der Waals surface area contributed by atoms with Crippen molar-refractivity contribution < 1.29 is 14.3 Å². The molecule has 1 aliphatic carbocycles. The van der Waals surface area contributed by atoms with Crippen LogP contribution in [0.25, 0.3) is 0 Å². The fraction of sp³-hybridized carbons (Fsp3) is 0.786. The van der Waals surface area contributed by atoms with Gasteiger partial charge in [0.1, 0.15) is 0 Å². The van der Waals surface area contributed by atoms with Gasteiger partial charge in [0, 0.05) is 6.08 Å². The standard InChI is InChI=1S/C14H24O3/c1-5-14(15)17-12(4)16-11(3)9-13-7-6-10(2)8-13/h5,10-13H,1,6-9H2,2-4H3. The molecule has 1 rings (SSSR count). The van der Waals surface area contributed by atoms with E-state index in [4.69, 9.17) is 9.47 Å². The molecule has 3 nitrogen and oxygen atoms in total. The van der Waals surface area contributed by atoms with Gasteiger partial charge in [0.25, 0.3) is 0 Å². The van der Waals surface area contributed by atoms with Crippen molar-refractivity contribution in [3.05, 3.63) is 12.7 Å². The molecule has 0 aliphatic heterocycles. The van der Waals surface area contributed by atoms with Crippen LogP contribution in [0, 0.1) is 11.8 Å². The highest BCUT2D eigenvalue weighted by atomic mass is 16.7. The number of carbonyl (C=O) groups excluding carboxylic acids is 1. The van der Waals surface area contributed by atoms with Crippen LogP contribution in [0.5, 0.6) is 0 Å². The predicted octanol–water partition coefficient (Wildman–Crippen LogP) is 3.29. The van der Waals surface area contributed by atoms with Crippen molar-refractivity contribution in [2.45, 2.75) is 58.8 Å². The first-order valence-electron chi connectivity index (χ1n) is 6.49. The highest BCUT2D eigenvalue weighted by Crippen LogP contribution is 2.33. The molecule has 4 atom stereocenters. The fourth-order valence-corrected chi connectivity index (χ4v) is 2.63. The molecule has 98 valence electrons. The molecule has 1 aliphatic rings. The number of ether oxygens (including phenoxy) is 2. The lowest BCUT2D eigenvalue weighted by Crippen LogP contribution is -2.23. The lowest BCUT2D eigenvalue weighted by molar-refractivity contribution is -0.179. The van der Waals surface area contributed by atoms with Gasteiger partial charge in [0.2, 0.25) is 6.29 Å². The van der Waals surface area contributed by atoms with Gasteiger partial charge in [-0.2, -0.15) is 0 Å². The van der Waals surface area contributed by atoms with E-state index in [9.17, 15) is 4.79 Å². The summed E-state index contributed by atoms with van der Waals surface area (Å²) in [7, 11) is 0. The first kappa shape index (κ1) is 14.2. The Kier molecular flexibility index (Phi) is 5.69. The van der Waals surface area contributed by atoms with E-state index in [1.54, 1.807) is 6.92 Å². The summed E-state index contributed by atoms with van der Waals surface area (Å²) in [6.07, 6.45) is 5.79. The minimum atomic E-state index is -0.491. The number of hydrogen-bond acceptors (Lipinski definition) is 3. The van der Waals surface area contributed by atoms with Crippen LogP contribution in [0.2, 0.25) is 0 Å². The Morgan fingerprint density at radius 1 is 1.47 bits per heavy atom. The van der Waals surface area contributed by atoms with Crippen molar-refractivity contribution in [2.75, 3.05) is 0 Å². The molecule has 4 unspecified atom stereocenters. The topological polar surface area (TPSA) is 35.5 Å². The maximum Gasteiger partial charge on any atom is 0.332 e. The maximum atomic E-state index is 11.0. The molecule has 3 heteroatoms. The summed E-state index contributed by atoms with van der Waals surface area (Å²) in [5, 5.41) is 0. The second kappa shape index (κ2) is 6.80. The highest BCUT2D eigenvalue weighted by molar-refractivity contribution is 5.81. The minimum absolute atomic E-state index is 0.137. The molecule has 0 aromatic rings. The zero-order chi connectivity index (χ0) is 12.8. The van der Waals surface area contributed by atoms with Crippen molar-refractivity contribution in [2.24, 2.45) is 11.8 Å². The summed E-state index contributed by atoms with van der Waals surface area (Å²) in [4.78, 5) is 11.0. The third-order valence-electron chi connectivity index (χ3n) is 3.34. The van der Waals surface area contributed by atoms with E-state index in [0.29, 0.717) is 0 Å². The van der Waals surface area contributed by atoms with E-state index in [1.165, 1.54) is 19.3 Å². The van der Waals surface area contributed by atoms with Crippen LogP contribution >= 0.6 is 0 Å². The largest absolute Gasteiger partial charge is 0.433 e. The molecule has 17 heavy (non-hydrogen) atoms. The van der Waals surface area contributed by atoms with Gasteiger partial charge in [0.15, 0.2) is 0 Å². The van der Waals surface area contributed by atoms with Crippen molar-refractivity contribution in [1.82, 2.24) is 0 Å². The van der Waals surface area contributed by atoms with Gasteiger partial charge in [-0.3, -0.25) is 0 Å². The Balaban J connectivity index is 2.21. The average Bonchev–Trinajstić information content (AvgIpc) is 2.63. The van der Waals surface area contributed by atoms with E-state index in [2.05, 4.69) is 13.5 Å². The Labute approximate surface area is 104 Å². The Hall–Kier alpha value is -0.830. The van der Waals surface area contributed by atoms with E-state index in [-0.39, 0.29) is 6.10 Å². The molecule has 0 aromatic heterocycles. The monoisotopic (exact) mass is 240 g/mol. The molecule has 0 spiro atoms. The maximum absolute atomic E-state index is 11.0. The quantitative estimate of drug-likeness (QED) is 0.406. The summed E-state index contributed by atoms with van der Waals surface area (Å²) in [6, 6.07) is 0. The molecule has 0 heterocycles. The summed E-state index contributed by atoms with van der Waals surface area (Å²) in [5.74, 6) is 1.18. The highest BCUT2D eigenvalue weighted by Gasteiger charge is 2.24. The normalized spacial score (nSPS) is 27.5. The van der Waals surface area contributed by atoms with E-state index in [1.807, 2.05) is 6.92 Å². The summed E-state index contributed by atoms with van der Waals surface area (Å²) in [5.41, 5.74) is 0. The van der Waals surface area contributed by atoms with Gasteiger partial charge >= 0.3 is 5.97 Å². The molecule has 0 saturated heterocycles. The van der Waals surface area contributed by atoms with Crippen LogP contribution in [0.3, 0.4) is 0 Å². The summed E-state index contributed by atoms with van der Waals surface area (Å²) >= 11 is 0. The first-order chi connectivity index (χ1) is 8.01. The minimum Gasteiger partial charge on any atom is -0.433 e. The van der Waals surface area contributed by atoms with Gasteiger partial charge in [-0.05, 0) is 38.5 Å². The van der Waals surface area contributed by atoms with Crippen molar-refractivity contribution in [3.63, 3.8) is 0 Å². The molecule has 1 saturated carbocycles. The summed E-state index contributed by atoms with van der Waals surface area (Å²) < 4.78 is 10.6. The van der Waals surface area contributed by atoms with Crippen molar-refractivity contribution in [1.29, 1.82) is 0 Å². The lowest BCUT2D eigenvalue weighted by atomic mass is 9.99. The zero-order valence-corrected chi connectivity index (χ0v) is 11.1. The van der Waals surface area contributed by atoms with Gasteiger partial charge in [0.05, 0.1) is 6.10 Å². The van der Waals surface area contributed by atoms with Crippen LogP contribution in [-0.4, -0.2) is 18.4 Å². The van der Waals surface area contributed by atoms with Crippen LogP contribution in [0.1, 0.15) is 46.5 Å². The molecule has 0 N–H and O–H groups in total. The molecule has 0 aromatic carbocycles. The third kappa shape index (κ3) is 5.35. The second-order valence-electron chi connectivity index (χ2n) is 5.18. The zero-order valence-electron chi connectivity index (χ0n) is 11.1. The van der Waals surface area contributed by atoms with Gasteiger partial charge in [-0.25, -0.2) is 4.79 Å². The predicted molar refractivity (Wildman–Crippen MR) is 67.4 cm³/mol. The van der Waals surface area contributed by atoms with Crippen LogP contribution in [0.4, 0.5) is 0 Å². The fourth-order valence-electron chi connectivity index (χ4n) is 2.63. The Morgan fingerprint density at radius 3 is 2.71 bits per heavy atom. The number of hydrogen-bond donors (Lipinski definition) is 0. The van der Waals surface area contributed by atoms with Gasteiger partial charge in [-0.15, -0.1) is 0 Å². The SMILES string of the molecule is C=CC(=O)OC(C)OC(C)CC1CCC(C)C1. The van der Waals surface area contributed by atoms with E-state index in [0.717, 1.165) is 24.3 Å². The Morgan fingerprint density at radius 2 is 2.18 bits per heavy atom. The smallest absolute Gasteiger partial charge is 0.332 e. The number of esters is 1. The van der Waals surface area contributed by atoms with E-state index >= 15 is 0 Å². The molecule has 0 bridgehead atoms. The molecule has 1 fully saturated rings. The van der Waals surface area contributed by atoms with Crippen molar-refractivity contribution in [3.8, 4) is 0 Å². The van der Waals surface area contributed by atoms with E-state index < -0.39 is 12.3 Å². The van der Waals surface area contributed by atoms with Crippen LogP contribution in [0.15, 0.2) is 12.7 Å². The number of rotatable bonds is 6. The molecular weight excluding hydrogens is 216 g/mol. The summed E-state index contributed by atoms with van der Waals surface area (Å²) in [6.45, 7) is 9.45. The van der Waals surface area contributed by atoms with Crippen molar-refractivity contribution >= 4 is 5.97 Å². The van der Waals surface area contributed by atoms with Crippen LogP contribution in [-0.2, 0) is 14.3 Å². The van der Waals surface area contributed by atoms with Crippen LogP contribution < -0.4 is 0 Å². The Bertz CT molecular complexity index is 262. The number of carbonyl (C=O) groups is 1. The second-order valence-corrected chi connectivity index (χ2v) is 5.18. The average molecular weight is 240 g/mol. The molecule has 0 radical (unpaired) electrons. The molecule has 0 amide bonds. The first-order valence-corrected chi connectivity index (χ1v) is 6.49. The van der Waals surface area contributed by atoms with Gasteiger partial charge < -0.3 is 9.47 Å². The molecular formula is C14H24O3. The lowest BCUT2D eigenvalue weighted by Gasteiger charge is -2.21. The van der Waals surface area contributed by atoms with Gasteiger partial charge in [-0.1, -0.05) is 26.3 Å². The third-order valence-corrected chi connectivity index (χ3v) is 3.34.